The Bertz CT molecular complexity index is 1840. The van der Waals surface area contributed by atoms with Crippen LogP contribution in [0.4, 0.5) is 24.8 Å². The van der Waals surface area contributed by atoms with Gasteiger partial charge in [-0.2, -0.15) is 28.5 Å². The van der Waals surface area contributed by atoms with Gasteiger partial charge in [0.2, 0.25) is 5.95 Å². The molecule has 0 radical (unpaired) electrons. The number of hydrogen-bond acceptors (Lipinski definition) is 8. The SMILES string of the molecule is Cn1c(Nc2cc(C(F)(F)F)cn(C3CC(O)C3)c2=O)nc2ncc(Oc3cnn4ccccc34)c(C#N)c21. The predicted molar refractivity (Wildman–Crippen MR) is 132 cm³/mol. The molecule has 5 aromatic heterocycles. The van der Waals surface area contributed by atoms with Gasteiger partial charge < -0.3 is 24.3 Å². The van der Waals surface area contributed by atoms with E-state index in [0.29, 0.717) is 17.3 Å². The number of hydrogen-bond donors (Lipinski definition) is 2. The van der Waals surface area contributed by atoms with Gasteiger partial charge >= 0.3 is 6.18 Å². The van der Waals surface area contributed by atoms with Gasteiger partial charge in [-0.25, -0.2) is 9.50 Å². The summed E-state index contributed by atoms with van der Waals surface area (Å²) in [5.41, 5.74) is -0.952. The maximum absolute atomic E-state index is 13.6. The fraction of sp³-hybridized carbons (Fsp3) is 0.240. The van der Waals surface area contributed by atoms with E-state index in [9.17, 15) is 28.3 Å². The fourth-order valence-corrected chi connectivity index (χ4v) is 4.58. The summed E-state index contributed by atoms with van der Waals surface area (Å²) in [6.07, 6.45) is 0.303. The molecular weight excluding hydrogens is 517 g/mol. The number of ether oxygens (including phenoxy) is 1. The van der Waals surface area contributed by atoms with E-state index in [1.165, 1.54) is 24.0 Å². The third-order valence-corrected chi connectivity index (χ3v) is 6.69. The molecule has 0 aliphatic heterocycles. The van der Waals surface area contributed by atoms with Crippen LogP contribution in [0.1, 0.15) is 30.0 Å². The second-order valence-electron chi connectivity index (χ2n) is 9.17. The van der Waals surface area contributed by atoms with Gasteiger partial charge in [0.25, 0.3) is 5.56 Å². The number of aryl methyl sites for hydroxylation is 1. The summed E-state index contributed by atoms with van der Waals surface area (Å²) in [6.45, 7) is 0. The maximum atomic E-state index is 13.6. The quantitative estimate of drug-likeness (QED) is 0.345. The molecule has 0 aromatic carbocycles. The number of aliphatic hydroxyl groups is 1. The lowest BCUT2D eigenvalue weighted by atomic mass is 9.89. The number of alkyl halides is 3. The molecule has 198 valence electrons. The van der Waals surface area contributed by atoms with Gasteiger partial charge in [-0.05, 0) is 31.0 Å². The summed E-state index contributed by atoms with van der Waals surface area (Å²) in [5, 5.41) is 26.5. The van der Waals surface area contributed by atoms with Gasteiger partial charge in [0, 0.05) is 25.5 Å². The zero-order valence-corrected chi connectivity index (χ0v) is 20.2. The number of nitrogens with zero attached hydrogens (tertiary/aromatic N) is 7. The first kappa shape index (κ1) is 24.4. The first-order chi connectivity index (χ1) is 18.6. The number of nitriles is 1. The molecule has 5 heterocycles. The van der Waals surface area contributed by atoms with Crippen molar-refractivity contribution in [2.75, 3.05) is 5.32 Å². The number of halogens is 3. The number of pyridine rings is 3. The van der Waals surface area contributed by atoms with Gasteiger partial charge in [0.05, 0.1) is 24.1 Å². The molecule has 0 atom stereocenters. The Morgan fingerprint density at radius 2 is 2.03 bits per heavy atom. The average Bonchev–Trinajstić information content (AvgIpc) is 3.43. The van der Waals surface area contributed by atoms with Gasteiger partial charge in [-0.1, -0.05) is 6.07 Å². The van der Waals surface area contributed by atoms with Crippen molar-refractivity contribution in [2.24, 2.45) is 7.05 Å². The van der Waals surface area contributed by atoms with Crippen molar-refractivity contribution in [3.05, 3.63) is 70.5 Å². The van der Waals surface area contributed by atoms with Crippen LogP contribution in [0.2, 0.25) is 0 Å². The van der Waals surface area contributed by atoms with E-state index >= 15 is 0 Å². The zero-order valence-electron chi connectivity index (χ0n) is 20.2. The Morgan fingerprint density at radius 1 is 1.23 bits per heavy atom. The fourth-order valence-electron chi connectivity index (χ4n) is 4.58. The highest BCUT2D eigenvalue weighted by Crippen LogP contribution is 2.36. The van der Waals surface area contributed by atoms with Crippen LogP contribution >= 0.6 is 0 Å². The highest BCUT2D eigenvalue weighted by Gasteiger charge is 2.36. The molecule has 6 rings (SSSR count). The molecule has 1 aliphatic rings. The minimum Gasteiger partial charge on any atom is -0.450 e. The molecule has 0 spiro atoms. The van der Waals surface area contributed by atoms with E-state index in [0.717, 1.165) is 10.8 Å². The lowest BCUT2D eigenvalue weighted by Crippen LogP contribution is -2.37. The summed E-state index contributed by atoms with van der Waals surface area (Å²) in [4.78, 5) is 21.7. The molecule has 5 aromatic rings. The Hall–Kier alpha value is -4.90. The molecule has 39 heavy (non-hydrogen) atoms. The van der Waals surface area contributed by atoms with Crippen LogP contribution in [0.3, 0.4) is 0 Å². The molecule has 0 bridgehead atoms. The standard InChI is InChI=1S/C25H19F3N8O3/c1-34-21-16(9-29)19(39-20-11-31-36-5-3-2-4-18(20)36)10-30-22(21)33-24(34)32-17-6-13(25(26,27)28)12-35(23(17)38)14-7-15(37)8-14/h2-6,10-12,14-15,37H,7-8H2,1H3,(H,30,32,33). The highest BCUT2D eigenvalue weighted by atomic mass is 19.4. The summed E-state index contributed by atoms with van der Waals surface area (Å²) >= 11 is 0. The number of aromatic nitrogens is 6. The van der Waals surface area contributed by atoms with Crippen molar-refractivity contribution in [3.63, 3.8) is 0 Å². The van der Waals surface area contributed by atoms with Crippen LogP contribution in [-0.2, 0) is 13.2 Å². The second-order valence-corrected chi connectivity index (χ2v) is 9.17. The molecular formula is C25H19F3N8O3. The predicted octanol–water partition coefficient (Wildman–Crippen LogP) is 3.90. The Kier molecular flexibility index (Phi) is 5.54. The smallest absolute Gasteiger partial charge is 0.417 e. The monoisotopic (exact) mass is 536 g/mol. The Labute approximate surface area is 217 Å². The van der Waals surface area contributed by atoms with E-state index in [2.05, 4.69) is 26.5 Å². The molecule has 1 saturated carbocycles. The molecule has 1 aliphatic carbocycles. The average molecular weight is 536 g/mol. The largest absolute Gasteiger partial charge is 0.450 e. The van der Waals surface area contributed by atoms with Crippen molar-refractivity contribution < 1.29 is 23.0 Å². The van der Waals surface area contributed by atoms with E-state index in [1.54, 1.807) is 22.8 Å². The van der Waals surface area contributed by atoms with Crippen molar-refractivity contribution in [1.82, 2.24) is 28.7 Å². The third kappa shape index (κ3) is 4.12. The van der Waals surface area contributed by atoms with Crippen molar-refractivity contribution >= 4 is 28.3 Å². The van der Waals surface area contributed by atoms with Crippen LogP contribution in [0.25, 0.3) is 16.7 Å². The van der Waals surface area contributed by atoms with Gasteiger partial charge in [0.1, 0.15) is 28.4 Å². The normalized spacial score (nSPS) is 17.2. The van der Waals surface area contributed by atoms with Crippen LogP contribution in [-0.4, -0.2) is 39.9 Å². The number of anilines is 2. The number of fused-ring (bicyclic) bond motifs is 2. The van der Waals surface area contributed by atoms with Crippen molar-refractivity contribution in [1.29, 1.82) is 5.26 Å². The Morgan fingerprint density at radius 3 is 2.74 bits per heavy atom. The topological polar surface area (TPSA) is 135 Å². The van der Waals surface area contributed by atoms with E-state index < -0.39 is 29.4 Å². The zero-order chi connectivity index (χ0) is 27.5. The molecule has 1 fully saturated rings. The van der Waals surface area contributed by atoms with Crippen LogP contribution in [0, 0.1) is 11.3 Å². The molecule has 0 amide bonds. The number of imidazole rings is 1. The molecule has 14 heteroatoms. The summed E-state index contributed by atoms with van der Waals surface area (Å²) in [5.74, 6) is 0.515. The molecule has 0 saturated heterocycles. The van der Waals surface area contributed by atoms with E-state index in [-0.39, 0.29) is 47.0 Å². The Balaban J connectivity index is 1.41. The van der Waals surface area contributed by atoms with Gasteiger partial charge in [-0.3, -0.25) is 4.79 Å². The number of aliphatic hydroxyl groups excluding tert-OH is 1. The maximum Gasteiger partial charge on any atom is 0.417 e. The number of rotatable bonds is 5. The highest BCUT2D eigenvalue weighted by molar-refractivity contribution is 5.84. The minimum absolute atomic E-state index is 0.00116. The summed E-state index contributed by atoms with van der Waals surface area (Å²) in [6, 6.07) is 7.65. The molecule has 2 N–H and O–H groups in total. The first-order valence-corrected chi connectivity index (χ1v) is 11.8. The summed E-state index contributed by atoms with van der Waals surface area (Å²) < 4.78 is 50.9. The first-order valence-electron chi connectivity index (χ1n) is 11.8. The van der Waals surface area contributed by atoms with Crippen LogP contribution in [0.15, 0.2) is 53.8 Å². The van der Waals surface area contributed by atoms with Crippen LogP contribution in [0.5, 0.6) is 11.5 Å². The lowest BCUT2D eigenvalue weighted by molar-refractivity contribution is -0.138. The minimum atomic E-state index is -4.71. The second kappa shape index (κ2) is 8.84. The molecule has 0 unspecified atom stereocenters. The van der Waals surface area contributed by atoms with Gasteiger partial charge in [-0.15, -0.1) is 0 Å². The number of nitrogens with one attached hydrogen (secondary N) is 1. The van der Waals surface area contributed by atoms with E-state index in [4.69, 9.17) is 4.74 Å². The third-order valence-electron chi connectivity index (χ3n) is 6.69. The van der Waals surface area contributed by atoms with Crippen LogP contribution < -0.4 is 15.6 Å². The van der Waals surface area contributed by atoms with Gasteiger partial charge in [0.15, 0.2) is 17.1 Å². The molecule has 11 nitrogen and oxygen atoms in total. The lowest BCUT2D eigenvalue weighted by Gasteiger charge is -2.33. The summed E-state index contributed by atoms with van der Waals surface area (Å²) in [7, 11) is 1.54. The van der Waals surface area contributed by atoms with Crippen molar-refractivity contribution in [2.45, 2.75) is 31.2 Å². The van der Waals surface area contributed by atoms with Crippen molar-refractivity contribution in [3.8, 4) is 17.6 Å². The van der Waals surface area contributed by atoms with E-state index in [1.807, 2.05) is 6.07 Å².